The van der Waals surface area contributed by atoms with Gasteiger partial charge < -0.3 is 19.8 Å². The Bertz CT molecular complexity index is 1170. The van der Waals surface area contributed by atoms with Crippen LogP contribution in [0.3, 0.4) is 0 Å². The Labute approximate surface area is 209 Å². The average Bonchev–Trinajstić information content (AvgIpc) is 2.89. The van der Waals surface area contributed by atoms with Crippen LogP contribution in [-0.2, 0) is 0 Å². The third kappa shape index (κ3) is 5.75. The van der Waals surface area contributed by atoms with E-state index in [-0.39, 0.29) is 31.9 Å². The Balaban J connectivity index is 1.64. The van der Waals surface area contributed by atoms with Crippen molar-refractivity contribution in [2.45, 2.75) is 12.1 Å². The molecule has 1 aliphatic rings. The number of ether oxygens (including phenoxy) is 1. The first-order chi connectivity index (χ1) is 17.0. The lowest BCUT2D eigenvalue weighted by molar-refractivity contribution is 0.103. The largest absolute Gasteiger partial charge is 0.491 e. The van der Waals surface area contributed by atoms with E-state index in [2.05, 4.69) is 11.0 Å². The summed E-state index contributed by atoms with van der Waals surface area (Å²) >= 11 is 6.12. The van der Waals surface area contributed by atoms with Gasteiger partial charge in [0.2, 0.25) is 0 Å². The van der Waals surface area contributed by atoms with Crippen LogP contribution in [0.2, 0.25) is 5.02 Å². The Morgan fingerprint density at radius 2 is 1.80 bits per heavy atom. The highest BCUT2D eigenvalue weighted by molar-refractivity contribution is 6.30. The maximum Gasteiger partial charge on any atom is 0.150 e. The van der Waals surface area contributed by atoms with Crippen molar-refractivity contribution in [2.75, 3.05) is 44.4 Å². The average molecular weight is 496 g/mol. The fourth-order valence-electron chi connectivity index (χ4n) is 4.53. The Kier molecular flexibility index (Phi) is 8.21. The zero-order valence-corrected chi connectivity index (χ0v) is 19.9. The number of anilines is 1. The normalized spacial score (nSPS) is 17.1. The second-order valence-electron chi connectivity index (χ2n) is 8.37. The maximum atomic E-state index is 15.2. The van der Waals surface area contributed by atoms with Crippen LogP contribution < -0.4 is 9.64 Å². The van der Waals surface area contributed by atoms with Crippen LogP contribution in [0.4, 0.5) is 10.1 Å². The predicted octanol–water partition coefficient (Wildman–Crippen LogP) is 4.32. The maximum absolute atomic E-state index is 15.2. The van der Waals surface area contributed by atoms with Gasteiger partial charge in [-0.15, -0.1) is 0 Å². The molecule has 1 aliphatic heterocycles. The molecule has 0 saturated carbocycles. The van der Waals surface area contributed by atoms with E-state index < -0.39 is 5.82 Å². The van der Waals surface area contributed by atoms with Crippen LogP contribution in [-0.4, -0.2) is 54.6 Å². The molecule has 0 spiro atoms. The molecule has 0 aliphatic carbocycles. The number of aliphatic hydroxyl groups is 2. The lowest BCUT2D eigenvalue weighted by Gasteiger charge is -2.45. The Hall–Kier alpha value is -3.15. The lowest BCUT2D eigenvalue weighted by atomic mass is 9.97. The zero-order chi connectivity index (χ0) is 24.8. The molecular formula is C27H27ClFN3O3. The van der Waals surface area contributed by atoms with Gasteiger partial charge in [0.05, 0.1) is 42.6 Å². The third-order valence-electron chi connectivity index (χ3n) is 6.29. The molecule has 182 valence electrons. The Morgan fingerprint density at radius 1 is 1.06 bits per heavy atom. The Morgan fingerprint density at radius 3 is 2.43 bits per heavy atom. The van der Waals surface area contributed by atoms with Crippen LogP contribution in [0.1, 0.15) is 28.8 Å². The fraction of sp³-hybridized carbons (Fsp3) is 0.296. The summed E-state index contributed by atoms with van der Waals surface area (Å²) in [4.78, 5) is 4.21. The van der Waals surface area contributed by atoms with Crippen LogP contribution in [0.25, 0.3) is 0 Å². The summed E-state index contributed by atoms with van der Waals surface area (Å²) in [5.74, 6) is -0.0400. The molecule has 0 bridgehead atoms. The summed E-state index contributed by atoms with van der Waals surface area (Å²) in [5, 5.41) is 28.9. The summed E-state index contributed by atoms with van der Waals surface area (Å²) in [7, 11) is 0. The number of aliphatic hydroxyl groups excluding tert-OH is 2. The second kappa shape index (κ2) is 11.5. The smallest absolute Gasteiger partial charge is 0.150 e. The topological polar surface area (TPSA) is 80.0 Å². The van der Waals surface area contributed by atoms with Crippen molar-refractivity contribution in [2.24, 2.45) is 0 Å². The molecule has 2 N–H and O–H groups in total. The van der Waals surface area contributed by atoms with Crippen molar-refractivity contribution in [3.63, 3.8) is 0 Å². The SMILES string of the molecule is N#Cc1ccc([C@@H](CO)N2CCN(c3ccc(OCCO)cc3F)[C@H](c3ccc(Cl)cc3)C2)cc1. The number of nitrogens with zero attached hydrogens (tertiary/aromatic N) is 3. The highest BCUT2D eigenvalue weighted by Crippen LogP contribution is 2.36. The van der Waals surface area contributed by atoms with E-state index in [1.165, 1.54) is 6.07 Å². The molecule has 8 heteroatoms. The van der Waals surface area contributed by atoms with Gasteiger partial charge in [0.25, 0.3) is 0 Å². The van der Waals surface area contributed by atoms with E-state index in [1.807, 2.05) is 41.3 Å². The van der Waals surface area contributed by atoms with Crippen LogP contribution in [0.5, 0.6) is 5.75 Å². The molecule has 1 saturated heterocycles. The van der Waals surface area contributed by atoms with Gasteiger partial charge in [0, 0.05) is 30.7 Å². The molecule has 1 heterocycles. The zero-order valence-electron chi connectivity index (χ0n) is 19.1. The van der Waals surface area contributed by atoms with E-state index in [9.17, 15) is 5.11 Å². The summed E-state index contributed by atoms with van der Waals surface area (Å²) in [6.07, 6.45) is 0. The first-order valence-corrected chi connectivity index (χ1v) is 11.8. The first-order valence-electron chi connectivity index (χ1n) is 11.4. The quantitative estimate of drug-likeness (QED) is 0.484. The molecule has 35 heavy (non-hydrogen) atoms. The van der Waals surface area contributed by atoms with Gasteiger partial charge in [0.15, 0.2) is 0 Å². The standard InChI is InChI=1S/C27H27ClFN3O3/c28-22-7-5-20(6-8-22)26-17-31(27(18-34)21-3-1-19(16-30)2-4-21)11-12-32(26)25-10-9-23(15-24(25)29)35-14-13-33/h1-10,15,26-27,33-34H,11-14,17-18H2/t26-,27+/m0/s1. The van der Waals surface area contributed by atoms with Gasteiger partial charge in [-0.3, -0.25) is 4.90 Å². The molecule has 0 unspecified atom stereocenters. The highest BCUT2D eigenvalue weighted by atomic mass is 35.5. The molecule has 6 nitrogen and oxygen atoms in total. The van der Waals surface area contributed by atoms with Gasteiger partial charge in [-0.05, 0) is 47.5 Å². The van der Waals surface area contributed by atoms with Gasteiger partial charge in [-0.2, -0.15) is 5.26 Å². The molecular weight excluding hydrogens is 469 g/mol. The van der Waals surface area contributed by atoms with Crippen molar-refractivity contribution in [3.05, 3.63) is 94.3 Å². The minimum Gasteiger partial charge on any atom is -0.491 e. The molecule has 0 radical (unpaired) electrons. The van der Waals surface area contributed by atoms with E-state index in [0.29, 0.717) is 41.7 Å². The number of hydrogen-bond donors (Lipinski definition) is 2. The second-order valence-corrected chi connectivity index (χ2v) is 8.81. The van der Waals surface area contributed by atoms with Gasteiger partial charge in [-0.25, -0.2) is 4.39 Å². The highest BCUT2D eigenvalue weighted by Gasteiger charge is 2.33. The number of piperazine rings is 1. The van der Waals surface area contributed by atoms with Crippen molar-refractivity contribution in [3.8, 4) is 11.8 Å². The van der Waals surface area contributed by atoms with Gasteiger partial charge >= 0.3 is 0 Å². The van der Waals surface area contributed by atoms with Crippen LogP contribution in [0, 0.1) is 17.1 Å². The monoisotopic (exact) mass is 495 g/mol. The fourth-order valence-corrected chi connectivity index (χ4v) is 4.66. The van der Waals surface area contributed by atoms with E-state index in [4.69, 9.17) is 26.7 Å². The summed E-state index contributed by atoms with van der Waals surface area (Å²) < 4.78 is 20.5. The predicted molar refractivity (Wildman–Crippen MR) is 133 cm³/mol. The van der Waals surface area contributed by atoms with Crippen molar-refractivity contribution < 1.29 is 19.3 Å². The van der Waals surface area contributed by atoms with E-state index in [1.54, 1.807) is 24.3 Å². The number of hydrogen-bond acceptors (Lipinski definition) is 6. The van der Waals surface area contributed by atoms with Gasteiger partial charge in [-0.1, -0.05) is 35.9 Å². The van der Waals surface area contributed by atoms with E-state index in [0.717, 1.165) is 11.1 Å². The lowest BCUT2D eigenvalue weighted by Crippen LogP contribution is -2.50. The van der Waals surface area contributed by atoms with Crippen molar-refractivity contribution in [1.29, 1.82) is 5.26 Å². The molecule has 3 aromatic carbocycles. The molecule has 4 rings (SSSR count). The minimum absolute atomic E-state index is 0.0789. The third-order valence-corrected chi connectivity index (χ3v) is 6.55. The van der Waals surface area contributed by atoms with Gasteiger partial charge in [0.1, 0.15) is 18.2 Å². The van der Waals surface area contributed by atoms with Crippen LogP contribution in [0.15, 0.2) is 66.7 Å². The molecule has 0 aromatic heterocycles. The molecule has 2 atom stereocenters. The molecule has 1 fully saturated rings. The van der Waals surface area contributed by atoms with Crippen molar-refractivity contribution >= 4 is 17.3 Å². The van der Waals surface area contributed by atoms with Crippen LogP contribution >= 0.6 is 11.6 Å². The number of rotatable bonds is 8. The molecule has 3 aromatic rings. The van der Waals surface area contributed by atoms with Crippen molar-refractivity contribution in [1.82, 2.24) is 4.90 Å². The van der Waals surface area contributed by atoms with E-state index >= 15 is 4.39 Å². The first kappa shape index (κ1) is 25.0. The summed E-state index contributed by atoms with van der Waals surface area (Å²) in [6.45, 7) is 1.57. The minimum atomic E-state index is -0.404. The molecule has 0 amide bonds. The summed E-state index contributed by atoms with van der Waals surface area (Å²) in [6, 6.07) is 21.2. The number of benzene rings is 3. The number of nitriles is 1. The number of halogens is 2. The summed E-state index contributed by atoms with van der Waals surface area (Å²) in [5.41, 5.74) is 2.93.